The van der Waals surface area contributed by atoms with Gasteiger partial charge in [0.1, 0.15) is 19.3 Å². The van der Waals surface area contributed by atoms with Gasteiger partial charge < -0.3 is 19.7 Å². The quantitative estimate of drug-likeness (QED) is 0.451. The van der Waals surface area contributed by atoms with Crippen molar-refractivity contribution in [1.29, 1.82) is 0 Å². The Balaban J connectivity index is 1.73. The van der Waals surface area contributed by atoms with Gasteiger partial charge >= 0.3 is 0 Å². The molecule has 2 aromatic rings. The number of anilines is 1. The summed E-state index contributed by atoms with van der Waals surface area (Å²) in [6.07, 6.45) is 2.31. The molecule has 10 heteroatoms. The Bertz CT molecular complexity index is 1200. The molecule has 37 heavy (non-hydrogen) atoms. The minimum absolute atomic E-state index is 0.0911. The van der Waals surface area contributed by atoms with E-state index >= 15 is 0 Å². The summed E-state index contributed by atoms with van der Waals surface area (Å²) in [4.78, 5) is 27.6. The number of benzene rings is 2. The van der Waals surface area contributed by atoms with E-state index in [2.05, 4.69) is 5.32 Å². The topological polar surface area (TPSA) is 105 Å². The second-order valence-electron chi connectivity index (χ2n) is 9.24. The molecule has 1 aliphatic rings. The van der Waals surface area contributed by atoms with Crippen molar-refractivity contribution in [3.63, 3.8) is 0 Å². The average molecular weight is 532 g/mol. The van der Waals surface area contributed by atoms with Crippen LogP contribution in [-0.4, -0.2) is 63.7 Å². The van der Waals surface area contributed by atoms with Crippen LogP contribution < -0.4 is 19.1 Å². The summed E-state index contributed by atoms with van der Waals surface area (Å²) in [6, 6.07) is 12.1. The van der Waals surface area contributed by atoms with Gasteiger partial charge in [-0.3, -0.25) is 13.9 Å². The molecule has 0 fully saturated rings. The third-order valence-corrected chi connectivity index (χ3v) is 7.31. The van der Waals surface area contributed by atoms with Gasteiger partial charge in [0.05, 0.1) is 11.9 Å². The van der Waals surface area contributed by atoms with Gasteiger partial charge in [-0.25, -0.2) is 8.42 Å². The molecule has 0 spiro atoms. The van der Waals surface area contributed by atoms with Crippen molar-refractivity contribution in [2.24, 2.45) is 0 Å². The second kappa shape index (κ2) is 12.8. The number of amides is 2. The molecule has 0 radical (unpaired) electrons. The lowest BCUT2D eigenvalue weighted by molar-refractivity contribution is -0.140. The highest BCUT2D eigenvalue weighted by molar-refractivity contribution is 7.92. The fourth-order valence-corrected chi connectivity index (χ4v) is 5.13. The van der Waals surface area contributed by atoms with Gasteiger partial charge in [-0.1, -0.05) is 36.8 Å². The minimum atomic E-state index is -3.61. The highest BCUT2D eigenvalue weighted by atomic mass is 32.2. The maximum absolute atomic E-state index is 13.4. The SMILES string of the molecule is CCCNC(=O)C(C)N(Cc1cccc(C)c1)C(=O)CCCN(c1ccc2c(c1)OCCO2)S(C)(=O)=O. The van der Waals surface area contributed by atoms with Gasteiger partial charge in [0.2, 0.25) is 21.8 Å². The third kappa shape index (κ3) is 7.85. The maximum Gasteiger partial charge on any atom is 0.242 e. The number of aryl methyl sites for hydroxylation is 1. The molecule has 0 aromatic heterocycles. The maximum atomic E-state index is 13.4. The third-order valence-electron chi connectivity index (χ3n) is 6.12. The first-order valence-electron chi connectivity index (χ1n) is 12.6. The molecule has 0 saturated carbocycles. The molecule has 1 atom stereocenters. The van der Waals surface area contributed by atoms with Crippen molar-refractivity contribution in [3.8, 4) is 11.5 Å². The van der Waals surface area contributed by atoms with Gasteiger partial charge in [-0.15, -0.1) is 0 Å². The van der Waals surface area contributed by atoms with Crippen LogP contribution in [0.1, 0.15) is 44.2 Å². The predicted octanol–water partition coefficient (Wildman–Crippen LogP) is 3.26. The summed E-state index contributed by atoms with van der Waals surface area (Å²) in [7, 11) is -3.61. The highest BCUT2D eigenvalue weighted by Gasteiger charge is 2.27. The normalized spacial score (nSPS) is 13.5. The molecular weight excluding hydrogens is 494 g/mol. The lowest BCUT2D eigenvalue weighted by Crippen LogP contribution is -2.47. The van der Waals surface area contributed by atoms with E-state index in [1.54, 1.807) is 30.0 Å². The molecule has 1 N–H and O–H groups in total. The number of ether oxygens (including phenoxy) is 2. The van der Waals surface area contributed by atoms with E-state index in [0.29, 0.717) is 43.5 Å². The first-order valence-corrected chi connectivity index (χ1v) is 14.4. The van der Waals surface area contributed by atoms with Gasteiger partial charge in [0.15, 0.2) is 11.5 Å². The first-order chi connectivity index (χ1) is 17.6. The number of nitrogens with zero attached hydrogens (tertiary/aromatic N) is 2. The fourth-order valence-electron chi connectivity index (χ4n) is 4.18. The molecule has 1 heterocycles. The molecule has 0 bridgehead atoms. The summed E-state index contributed by atoms with van der Waals surface area (Å²) < 4.78 is 37.6. The summed E-state index contributed by atoms with van der Waals surface area (Å²) >= 11 is 0. The highest BCUT2D eigenvalue weighted by Crippen LogP contribution is 2.34. The van der Waals surface area contributed by atoms with E-state index in [4.69, 9.17) is 9.47 Å². The standard InChI is InChI=1S/C27H37N3O6S/c1-5-13-28-27(32)21(3)29(19-22-9-6-8-20(2)17-22)26(31)10-7-14-30(37(4,33)34)23-11-12-24-25(18-23)36-16-15-35-24/h6,8-9,11-12,17-18,21H,5,7,10,13-16,19H2,1-4H3,(H,28,32). The lowest BCUT2D eigenvalue weighted by atomic mass is 10.1. The number of sulfonamides is 1. The fraction of sp³-hybridized carbons (Fsp3) is 0.481. The number of hydrogen-bond acceptors (Lipinski definition) is 6. The molecule has 1 aliphatic heterocycles. The summed E-state index contributed by atoms with van der Waals surface area (Å²) in [5, 5.41) is 2.86. The Morgan fingerprint density at radius 3 is 2.49 bits per heavy atom. The number of fused-ring (bicyclic) bond motifs is 1. The summed E-state index contributed by atoms with van der Waals surface area (Å²) in [5.41, 5.74) is 2.44. The molecule has 202 valence electrons. The number of nitrogens with one attached hydrogen (secondary N) is 1. The van der Waals surface area contributed by atoms with E-state index in [-0.39, 0.29) is 31.2 Å². The average Bonchev–Trinajstić information content (AvgIpc) is 2.86. The van der Waals surface area contributed by atoms with Gasteiger partial charge in [-0.2, -0.15) is 0 Å². The van der Waals surface area contributed by atoms with E-state index in [9.17, 15) is 18.0 Å². The van der Waals surface area contributed by atoms with Crippen LogP contribution in [-0.2, 0) is 26.2 Å². The van der Waals surface area contributed by atoms with Crippen LogP contribution in [0, 0.1) is 6.92 Å². The Morgan fingerprint density at radius 2 is 1.81 bits per heavy atom. The van der Waals surface area contributed by atoms with Crippen LogP contribution in [0.2, 0.25) is 0 Å². The zero-order valence-electron chi connectivity index (χ0n) is 22.0. The van der Waals surface area contributed by atoms with Crippen molar-refractivity contribution in [3.05, 3.63) is 53.6 Å². The van der Waals surface area contributed by atoms with Crippen LogP contribution in [0.15, 0.2) is 42.5 Å². The zero-order chi connectivity index (χ0) is 27.0. The minimum Gasteiger partial charge on any atom is -0.486 e. The van der Waals surface area contributed by atoms with Crippen LogP contribution in [0.3, 0.4) is 0 Å². The molecule has 9 nitrogen and oxygen atoms in total. The van der Waals surface area contributed by atoms with E-state index in [1.807, 2.05) is 38.1 Å². The number of rotatable bonds is 12. The Morgan fingerprint density at radius 1 is 1.08 bits per heavy atom. The van der Waals surface area contributed by atoms with Crippen LogP contribution in [0.5, 0.6) is 11.5 Å². The van der Waals surface area contributed by atoms with Gasteiger partial charge in [0, 0.05) is 32.1 Å². The van der Waals surface area contributed by atoms with Crippen LogP contribution in [0.4, 0.5) is 5.69 Å². The summed E-state index contributed by atoms with van der Waals surface area (Å²) in [5.74, 6) is 0.638. The van der Waals surface area contributed by atoms with Crippen molar-refractivity contribution >= 4 is 27.5 Å². The molecule has 3 rings (SSSR count). The molecule has 0 saturated heterocycles. The molecule has 1 unspecified atom stereocenters. The van der Waals surface area contributed by atoms with Crippen LogP contribution in [0.25, 0.3) is 0 Å². The monoisotopic (exact) mass is 531 g/mol. The van der Waals surface area contributed by atoms with E-state index in [1.165, 1.54) is 4.31 Å². The smallest absolute Gasteiger partial charge is 0.242 e. The van der Waals surface area contributed by atoms with Crippen molar-refractivity contribution < 1.29 is 27.5 Å². The number of hydrogen-bond donors (Lipinski definition) is 1. The van der Waals surface area contributed by atoms with Gasteiger partial charge in [0.25, 0.3) is 0 Å². The predicted molar refractivity (Wildman–Crippen MR) is 143 cm³/mol. The van der Waals surface area contributed by atoms with Crippen LogP contribution >= 0.6 is 0 Å². The van der Waals surface area contributed by atoms with Gasteiger partial charge in [-0.05, 0) is 44.4 Å². The lowest BCUT2D eigenvalue weighted by Gasteiger charge is -2.29. The number of carbonyl (C=O) groups excluding carboxylic acids is 2. The Labute approximate surface area is 219 Å². The second-order valence-corrected chi connectivity index (χ2v) is 11.2. The molecule has 2 aromatic carbocycles. The van der Waals surface area contributed by atoms with Crippen molar-refractivity contribution in [2.75, 3.05) is 36.9 Å². The largest absolute Gasteiger partial charge is 0.486 e. The Kier molecular flexibility index (Phi) is 9.79. The van der Waals surface area contributed by atoms with E-state index < -0.39 is 16.1 Å². The van der Waals surface area contributed by atoms with Crippen molar-refractivity contribution in [1.82, 2.24) is 10.2 Å². The van der Waals surface area contributed by atoms with Crippen molar-refractivity contribution in [2.45, 2.75) is 52.6 Å². The van der Waals surface area contributed by atoms with E-state index in [0.717, 1.165) is 23.8 Å². The first kappa shape index (κ1) is 28.3. The molecule has 2 amide bonds. The zero-order valence-corrected chi connectivity index (χ0v) is 22.8. The summed E-state index contributed by atoms with van der Waals surface area (Å²) in [6.45, 7) is 7.44. The molecule has 0 aliphatic carbocycles. The number of carbonyl (C=O) groups is 2. The Hall–Kier alpha value is -3.27. The molecular formula is C27H37N3O6S.